The van der Waals surface area contributed by atoms with Gasteiger partial charge in [0, 0.05) is 62.2 Å². The van der Waals surface area contributed by atoms with Gasteiger partial charge >= 0.3 is 6.09 Å². The van der Waals surface area contributed by atoms with E-state index in [0.717, 1.165) is 24.0 Å². The zero-order valence-corrected chi connectivity index (χ0v) is 58.0. The Morgan fingerprint density at radius 3 is 1.85 bits per heavy atom. The fourth-order valence-electron chi connectivity index (χ4n) is 12.3. The Bertz CT molecular complexity index is 3340. The first kappa shape index (κ1) is 75.2. The number of fused-ring (bicyclic) bond motifs is 4. The first-order chi connectivity index (χ1) is 47.6. The minimum Gasteiger partial charge on any atom is -0.493 e. The van der Waals surface area contributed by atoms with Crippen LogP contribution in [0.2, 0.25) is 0 Å². The maximum Gasteiger partial charge on any atom is 0.414 e. The molecule has 4 atom stereocenters. The van der Waals surface area contributed by atoms with Crippen molar-refractivity contribution in [1.29, 1.82) is 0 Å². The predicted octanol–water partition coefficient (Wildman–Crippen LogP) is 10.5. The van der Waals surface area contributed by atoms with Crippen LogP contribution in [0.25, 0.3) is 0 Å². The summed E-state index contributed by atoms with van der Waals surface area (Å²) in [6, 6.07) is 10.7. The third-order valence-corrected chi connectivity index (χ3v) is 17.6. The van der Waals surface area contributed by atoms with E-state index < -0.39 is 36.0 Å². The molecule has 1 fully saturated rings. The Morgan fingerprint density at radius 1 is 0.633 bits per heavy atom. The van der Waals surface area contributed by atoms with Crippen molar-refractivity contribution in [2.75, 3.05) is 104 Å². The molecule has 24 nitrogen and oxygen atoms in total. The topological polar surface area (TPSA) is 273 Å². The highest BCUT2D eigenvalue weighted by Crippen LogP contribution is 2.42. The van der Waals surface area contributed by atoms with Crippen molar-refractivity contribution in [3.05, 3.63) is 113 Å². The maximum absolute atomic E-state index is 14.4. The van der Waals surface area contributed by atoms with Crippen molar-refractivity contribution >= 4 is 64.8 Å². The summed E-state index contributed by atoms with van der Waals surface area (Å²) in [6.45, 7) is 12.4. The lowest BCUT2D eigenvalue weighted by Crippen LogP contribution is -2.53. The molecule has 532 valence electrons. The van der Waals surface area contributed by atoms with E-state index >= 15 is 0 Å². The fourth-order valence-corrected chi connectivity index (χ4v) is 12.3. The molecule has 4 heterocycles. The normalized spacial score (nSPS) is 17.8. The van der Waals surface area contributed by atoms with Crippen LogP contribution in [0, 0.1) is 11.8 Å². The number of nitrogens with zero attached hydrogens (tertiary/aromatic N) is 4. The molecule has 24 heteroatoms. The standard InChI is InChI=1S/C74H100N8O16/c1-8-18-54-38-57-45-76-61-43-65(63(90-6)41-59(61)72(87)80(57)46-54)96-28-17-29-97-66-44-62-60(42-64(66)91-7)73(88)81-47-55(19-9-2)39-58(81)48-82(62)74(89)98-49-53-22-24-56(25-23-53)78-70(85)51(5)77-71(86)69(50(3)4)79-67(83)26-30-92-32-34-94-36-37-95-35-33-93-31-27-75-68(84)40-52-20-15-13-11-10-12-14-16-21-52/h8-9,18-19,22-25,41-47,50-52,57-58,69H,10-17,20-21,26-40,48-49H2,1-7H3,(H,75,84)(H,77,86)(H,78,85)(H,79,83)/b18-8+,19-9+/t51-,57-,58?,69-/m0/s1. The SMILES string of the molecule is C/C=C/C1=CN2C(=O)c3cc(OC)c(OCCCOc4cc5c(cc4OC)C(=O)N4C=C(/C=C/C)C[C@H]4C=N5)cc3N(C(=O)OCc3ccc(NC(=O)[C@H](C)NC(=O)[C@@H](NC(=O)CCOCCOCCOCCOCCNC(=O)CC4CCCCCCCCC4)C(C)C)cc3)CC2C1. The van der Waals surface area contributed by atoms with Crippen LogP contribution in [0.3, 0.4) is 0 Å². The molecule has 8 rings (SSSR count). The van der Waals surface area contributed by atoms with Crippen molar-refractivity contribution in [2.24, 2.45) is 16.8 Å². The number of anilines is 2. The average Bonchev–Trinajstić information content (AvgIpc) is 1.59. The molecule has 3 aromatic carbocycles. The molecule has 0 aromatic heterocycles. The first-order valence-electron chi connectivity index (χ1n) is 34.6. The summed E-state index contributed by atoms with van der Waals surface area (Å²) >= 11 is 0. The van der Waals surface area contributed by atoms with Gasteiger partial charge in [0.1, 0.15) is 18.7 Å². The van der Waals surface area contributed by atoms with Crippen LogP contribution in [0.4, 0.5) is 21.9 Å². The number of hydrogen-bond acceptors (Lipinski definition) is 17. The van der Waals surface area contributed by atoms with Gasteiger partial charge in [-0.25, -0.2) is 4.79 Å². The molecule has 5 aliphatic rings. The highest BCUT2D eigenvalue weighted by Gasteiger charge is 2.40. The van der Waals surface area contributed by atoms with E-state index in [4.69, 9.17) is 42.6 Å². The Morgan fingerprint density at radius 2 is 1.21 bits per heavy atom. The predicted molar refractivity (Wildman–Crippen MR) is 372 cm³/mol. The van der Waals surface area contributed by atoms with Crippen molar-refractivity contribution in [2.45, 2.75) is 155 Å². The van der Waals surface area contributed by atoms with Crippen LogP contribution in [-0.4, -0.2) is 175 Å². The number of nitrogens with one attached hydrogen (secondary N) is 4. The number of rotatable bonds is 35. The van der Waals surface area contributed by atoms with Gasteiger partial charge in [0.2, 0.25) is 23.6 Å². The quantitative estimate of drug-likeness (QED) is 0.0399. The van der Waals surface area contributed by atoms with Crippen molar-refractivity contribution in [1.82, 2.24) is 25.8 Å². The van der Waals surface area contributed by atoms with Crippen LogP contribution in [0.15, 0.2) is 101 Å². The van der Waals surface area contributed by atoms with Crippen LogP contribution in [0.1, 0.15) is 151 Å². The molecule has 4 N–H and O–H groups in total. The number of benzene rings is 3. The maximum atomic E-state index is 14.4. The molecule has 1 aliphatic carbocycles. The Kier molecular flexibility index (Phi) is 30.0. The van der Waals surface area contributed by atoms with E-state index in [9.17, 15) is 33.6 Å². The number of ether oxygens (including phenoxy) is 9. The van der Waals surface area contributed by atoms with Crippen molar-refractivity contribution in [3.8, 4) is 23.0 Å². The van der Waals surface area contributed by atoms with Gasteiger partial charge in [-0.2, -0.15) is 0 Å². The summed E-state index contributed by atoms with van der Waals surface area (Å²) in [6.07, 6.45) is 25.9. The summed E-state index contributed by atoms with van der Waals surface area (Å²) in [4.78, 5) is 104. The molecular formula is C74H100N8O16. The zero-order valence-electron chi connectivity index (χ0n) is 58.0. The van der Waals surface area contributed by atoms with Gasteiger partial charge in [-0.3, -0.25) is 38.7 Å². The molecule has 4 aliphatic heterocycles. The van der Waals surface area contributed by atoms with Gasteiger partial charge in [0.15, 0.2) is 23.0 Å². The molecular weight excluding hydrogens is 1260 g/mol. The number of amides is 7. The Labute approximate surface area is 576 Å². The lowest BCUT2D eigenvalue weighted by atomic mass is 9.90. The average molecular weight is 1360 g/mol. The molecule has 1 unspecified atom stereocenters. The lowest BCUT2D eigenvalue weighted by Gasteiger charge is -2.26. The van der Waals surface area contributed by atoms with E-state index in [1.54, 1.807) is 91.5 Å². The number of allylic oxidation sites excluding steroid dienone is 4. The molecule has 0 spiro atoms. The number of aliphatic imine (C=N–C) groups is 1. The lowest BCUT2D eigenvalue weighted by molar-refractivity contribution is -0.132. The Hall–Kier alpha value is -8.58. The third-order valence-electron chi connectivity index (χ3n) is 17.6. The van der Waals surface area contributed by atoms with Crippen molar-refractivity contribution < 1.29 is 76.2 Å². The number of hydrogen-bond donors (Lipinski definition) is 4. The van der Waals surface area contributed by atoms with E-state index in [-0.39, 0.29) is 104 Å². The van der Waals surface area contributed by atoms with Gasteiger partial charge in [-0.05, 0) is 99.3 Å². The van der Waals surface area contributed by atoms with Crippen LogP contribution in [-0.2, 0) is 49.5 Å². The minimum absolute atomic E-state index is 0.0117. The van der Waals surface area contributed by atoms with Crippen LogP contribution in [0.5, 0.6) is 23.0 Å². The molecule has 3 aromatic rings. The third kappa shape index (κ3) is 22.2. The summed E-state index contributed by atoms with van der Waals surface area (Å²) in [5.41, 5.74) is 4.36. The second-order valence-corrected chi connectivity index (χ2v) is 25.4. The summed E-state index contributed by atoms with van der Waals surface area (Å²) in [7, 11) is 2.98. The van der Waals surface area contributed by atoms with Gasteiger partial charge in [0.05, 0.1) is 121 Å². The molecule has 1 saturated carbocycles. The summed E-state index contributed by atoms with van der Waals surface area (Å²) < 4.78 is 52.2. The zero-order chi connectivity index (χ0) is 69.8. The summed E-state index contributed by atoms with van der Waals surface area (Å²) in [5, 5.41) is 11.3. The molecule has 0 bridgehead atoms. The highest BCUT2D eigenvalue weighted by atomic mass is 16.6. The molecule has 0 radical (unpaired) electrons. The first-order valence-corrected chi connectivity index (χ1v) is 34.6. The second-order valence-electron chi connectivity index (χ2n) is 25.4. The summed E-state index contributed by atoms with van der Waals surface area (Å²) in [5.74, 6) is -0.261. The van der Waals surface area contributed by atoms with Crippen LogP contribution < -0.4 is 45.1 Å². The Balaban J connectivity index is 0.737. The largest absolute Gasteiger partial charge is 0.493 e. The molecule has 0 saturated heterocycles. The molecule has 7 amide bonds. The van der Waals surface area contributed by atoms with Gasteiger partial charge in [-0.15, -0.1) is 0 Å². The number of carbonyl (C=O) groups is 7. The fraction of sp³-hybridized carbons (Fsp3) is 0.541. The smallest absolute Gasteiger partial charge is 0.414 e. The van der Waals surface area contributed by atoms with E-state index in [1.165, 1.54) is 64.1 Å². The van der Waals surface area contributed by atoms with Crippen molar-refractivity contribution in [3.63, 3.8) is 0 Å². The number of methoxy groups -OCH3 is 2. The molecule has 98 heavy (non-hydrogen) atoms. The van der Waals surface area contributed by atoms with E-state index in [1.807, 2.05) is 44.4 Å². The number of carbonyl (C=O) groups excluding carboxylic acids is 7. The monoisotopic (exact) mass is 1360 g/mol. The van der Waals surface area contributed by atoms with Gasteiger partial charge in [-0.1, -0.05) is 95.2 Å². The van der Waals surface area contributed by atoms with Gasteiger partial charge in [0.25, 0.3) is 11.8 Å². The van der Waals surface area contributed by atoms with E-state index in [0.29, 0.717) is 112 Å². The minimum atomic E-state index is -0.975. The van der Waals surface area contributed by atoms with Gasteiger partial charge < -0.3 is 73.7 Å². The van der Waals surface area contributed by atoms with Crippen LogP contribution >= 0.6 is 0 Å². The second kappa shape index (κ2) is 39.1. The van der Waals surface area contributed by atoms with E-state index in [2.05, 4.69) is 26.3 Å². The highest BCUT2D eigenvalue weighted by molar-refractivity contribution is 6.07.